The molecule has 2 aliphatic heterocycles. The Morgan fingerprint density at radius 3 is 2.30 bits per heavy atom. The Labute approximate surface area is 231 Å². The highest BCUT2D eigenvalue weighted by atomic mass is 33.1. The molecule has 23 heteroatoms. The largest absolute Gasteiger partial charge is 0.756 e. The second-order valence-corrected chi connectivity index (χ2v) is 13.7. The molecule has 19 nitrogen and oxygen atoms in total. The van der Waals surface area contributed by atoms with Gasteiger partial charge in [0.05, 0.1) is 12.7 Å². The molecule has 3 heterocycles. The lowest BCUT2D eigenvalue weighted by Crippen LogP contribution is -2.58. The maximum atomic E-state index is 12.2. The van der Waals surface area contributed by atoms with Crippen LogP contribution in [0.1, 0.15) is 13.2 Å². The van der Waals surface area contributed by atoms with Crippen molar-refractivity contribution in [2.75, 3.05) is 12.4 Å². The van der Waals surface area contributed by atoms with Gasteiger partial charge >= 0.3 is 5.69 Å². The van der Waals surface area contributed by atoms with Crippen molar-refractivity contribution in [1.29, 1.82) is 0 Å². The molecule has 0 aliphatic carbocycles. The van der Waals surface area contributed by atoms with Gasteiger partial charge in [0.2, 0.25) is 0 Å². The van der Waals surface area contributed by atoms with Gasteiger partial charge in [0.25, 0.3) is 21.2 Å². The summed E-state index contributed by atoms with van der Waals surface area (Å²) in [6.45, 7) is 0.135. The highest BCUT2D eigenvalue weighted by Gasteiger charge is 2.47. The van der Waals surface area contributed by atoms with Crippen molar-refractivity contribution in [2.45, 2.75) is 62.2 Å². The zero-order valence-electron chi connectivity index (χ0n) is 20.1. The topological polar surface area (TPSA) is 299 Å². The van der Waals surface area contributed by atoms with E-state index in [-0.39, 0.29) is 10.9 Å². The predicted molar refractivity (Wildman–Crippen MR) is 128 cm³/mol. The van der Waals surface area contributed by atoms with Crippen molar-refractivity contribution in [3.05, 3.63) is 33.1 Å². The number of carbonyl (C=O) groups excluding carboxylic acids is 1. The summed E-state index contributed by atoms with van der Waals surface area (Å²) < 4.78 is 48.2. The van der Waals surface area contributed by atoms with Crippen LogP contribution in [0.2, 0.25) is 0 Å². The van der Waals surface area contributed by atoms with E-state index >= 15 is 0 Å². The van der Waals surface area contributed by atoms with Crippen molar-refractivity contribution in [3.63, 3.8) is 0 Å². The molecule has 0 bridgehead atoms. The summed E-state index contributed by atoms with van der Waals surface area (Å²) >= 11 is 0. The Balaban J connectivity index is 1.60. The van der Waals surface area contributed by atoms with Crippen LogP contribution in [-0.2, 0) is 36.8 Å². The molecule has 0 spiro atoms. The quantitative estimate of drug-likeness (QED) is 0.0975. The summed E-state index contributed by atoms with van der Waals surface area (Å²) in [5.41, 5.74) is -1.78. The van der Waals surface area contributed by atoms with E-state index in [4.69, 9.17) is 9.47 Å². The number of H-pyrrole nitrogens is 1. The number of aliphatic hydroxyl groups excluding tert-OH is 5. The highest BCUT2D eigenvalue weighted by Crippen LogP contribution is 2.57. The molecule has 6 N–H and O–H groups in total. The minimum Gasteiger partial charge on any atom is -0.756 e. The van der Waals surface area contributed by atoms with Gasteiger partial charge in [-0.2, -0.15) is 0 Å². The lowest BCUT2D eigenvalue weighted by Gasteiger charge is -2.42. The number of hydrogen-bond acceptors (Lipinski definition) is 19. The van der Waals surface area contributed by atoms with Gasteiger partial charge in [0.1, 0.15) is 36.6 Å². The number of phosphoric acid groups is 2. The number of aromatic nitrogens is 2. The molecule has 0 aromatic carbocycles. The first kappa shape index (κ1) is 33.5. The number of carbonyl (C=O) groups is 1. The number of phosphoric ester groups is 2. The van der Waals surface area contributed by atoms with E-state index in [1.807, 2.05) is 4.98 Å². The first-order valence-corrected chi connectivity index (χ1v) is 16.2. The molecule has 3 rings (SSSR count). The number of nitrogens with one attached hydrogen (secondary N) is 1. The molecular weight excluding hydrogens is 630 g/mol. The van der Waals surface area contributed by atoms with Crippen molar-refractivity contribution in [2.24, 2.45) is 0 Å². The second kappa shape index (κ2) is 13.6. The SMILES string of the molecule is CC(=O)SSCC1OC(OP(=O)([O-])OP(=O)([O-])OCC2OC(n3ccc(=O)[nH]c3=O)C(O)C2O)C(O)C(O)C1O. The van der Waals surface area contributed by atoms with Crippen LogP contribution >= 0.6 is 37.2 Å². The van der Waals surface area contributed by atoms with Crippen LogP contribution in [0.15, 0.2) is 21.9 Å². The monoisotopic (exact) mass is 654 g/mol. The first-order valence-electron chi connectivity index (χ1n) is 11.0. The van der Waals surface area contributed by atoms with E-state index in [1.165, 1.54) is 6.92 Å². The number of hydrogen-bond donors (Lipinski definition) is 6. The van der Waals surface area contributed by atoms with E-state index in [2.05, 4.69) is 13.4 Å². The van der Waals surface area contributed by atoms with Crippen molar-refractivity contribution in [3.8, 4) is 0 Å². The summed E-state index contributed by atoms with van der Waals surface area (Å²) in [6.07, 6.45) is -15.4. The fourth-order valence-electron chi connectivity index (χ4n) is 3.51. The van der Waals surface area contributed by atoms with Gasteiger partial charge in [-0.1, -0.05) is 10.8 Å². The zero-order valence-corrected chi connectivity index (χ0v) is 23.5. The Kier molecular flexibility index (Phi) is 11.4. The molecular formula is C17H24N2O17P2S2-2. The van der Waals surface area contributed by atoms with E-state index in [1.54, 1.807) is 0 Å². The third-order valence-corrected chi connectivity index (χ3v) is 10.2. The lowest BCUT2D eigenvalue weighted by atomic mass is 10.0. The molecule has 0 saturated carbocycles. The number of rotatable bonds is 11. The van der Waals surface area contributed by atoms with Crippen LogP contribution in [0, 0.1) is 0 Å². The Hall–Kier alpha value is -0.970. The predicted octanol–water partition coefficient (Wildman–Crippen LogP) is -4.12. The maximum Gasteiger partial charge on any atom is 0.330 e. The van der Waals surface area contributed by atoms with Crippen LogP contribution in [-0.4, -0.2) is 102 Å². The molecule has 1 aromatic rings. The van der Waals surface area contributed by atoms with Gasteiger partial charge in [-0.05, 0) is 10.8 Å². The third-order valence-electron chi connectivity index (χ3n) is 5.37. The van der Waals surface area contributed by atoms with E-state index in [0.29, 0.717) is 4.57 Å². The van der Waals surface area contributed by atoms with Crippen LogP contribution in [0.4, 0.5) is 0 Å². The molecule has 228 valence electrons. The number of aliphatic hydroxyl groups is 5. The highest BCUT2D eigenvalue weighted by molar-refractivity contribution is 8.82. The van der Waals surface area contributed by atoms with Crippen molar-refractivity contribution < 1.29 is 72.1 Å². The molecule has 0 radical (unpaired) electrons. The van der Waals surface area contributed by atoms with E-state index in [9.17, 15) is 58.8 Å². The smallest absolute Gasteiger partial charge is 0.330 e. The molecule has 0 amide bonds. The summed E-state index contributed by atoms with van der Waals surface area (Å²) in [7, 11) is -10.1. The molecule has 11 atom stereocenters. The average Bonchev–Trinajstić information content (AvgIpc) is 3.11. The molecule has 11 unspecified atom stereocenters. The average molecular weight is 654 g/mol. The Morgan fingerprint density at radius 1 is 1.02 bits per heavy atom. The first-order chi connectivity index (χ1) is 18.5. The lowest BCUT2D eigenvalue weighted by molar-refractivity contribution is -0.298. The van der Waals surface area contributed by atoms with Crippen LogP contribution in [0.3, 0.4) is 0 Å². The van der Waals surface area contributed by atoms with E-state index in [0.717, 1.165) is 33.9 Å². The maximum absolute atomic E-state index is 12.2. The van der Waals surface area contributed by atoms with Gasteiger partial charge in [-0.3, -0.25) is 32.8 Å². The Morgan fingerprint density at radius 2 is 1.68 bits per heavy atom. The molecule has 40 heavy (non-hydrogen) atoms. The number of aromatic amines is 1. The fourth-order valence-corrected chi connectivity index (χ4v) is 7.34. The minimum atomic E-state index is -5.92. The van der Waals surface area contributed by atoms with Crippen LogP contribution in [0.25, 0.3) is 0 Å². The zero-order chi connectivity index (χ0) is 30.0. The molecule has 1 aromatic heterocycles. The van der Waals surface area contributed by atoms with Gasteiger partial charge < -0.3 is 49.3 Å². The van der Waals surface area contributed by atoms with Gasteiger partial charge in [0.15, 0.2) is 17.6 Å². The van der Waals surface area contributed by atoms with Crippen molar-refractivity contribution >= 4 is 42.3 Å². The normalized spacial score (nSPS) is 35.6. The van der Waals surface area contributed by atoms with Gasteiger partial charge in [-0.25, -0.2) is 9.11 Å². The molecule has 2 aliphatic rings. The Bertz CT molecular complexity index is 1260. The van der Waals surface area contributed by atoms with Crippen molar-refractivity contribution in [1.82, 2.24) is 9.55 Å². The number of ether oxygens (including phenoxy) is 2. The molecule has 2 fully saturated rings. The summed E-state index contributed by atoms with van der Waals surface area (Å²) in [5, 5.41) is 50.1. The van der Waals surface area contributed by atoms with Crippen LogP contribution in [0.5, 0.6) is 0 Å². The molecule has 2 saturated heterocycles. The summed E-state index contributed by atoms with van der Waals surface area (Å²) in [4.78, 5) is 60.4. The second-order valence-electron chi connectivity index (χ2n) is 8.32. The van der Waals surface area contributed by atoms with E-state index < -0.39 is 88.7 Å². The van der Waals surface area contributed by atoms with Crippen LogP contribution < -0.4 is 21.0 Å². The third kappa shape index (κ3) is 8.54. The van der Waals surface area contributed by atoms with Gasteiger partial charge in [-0.15, -0.1) is 0 Å². The minimum absolute atomic E-state index is 0.177. The summed E-state index contributed by atoms with van der Waals surface area (Å²) in [5.74, 6) is -0.177. The van der Waals surface area contributed by atoms with Gasteiger partial charge in [0, 0.05) is 24.9 Å². The summed E-state index contributed by atoms with van der Waals surface area (Å²) in [6, 6.07) is 0.915. The fraction of sp³-hybridized carbons (Fsp3) is 0.706. The standard InChI is InChI=1S/C17H26N2O17P2S2/c1-6(20)40-39-5-8-11(23)12(24)14(26)16(34-8)35-38(30,31)36-37(28,29)32-4-7-10(22)13(25)15(33-7)19-3-2-9(21)18-17(19)27/h2-3,7-8,10-16,22-26H,4-5H2,1H3,(H,28,29)(H,30,31)(H,18,21,27)/p-2. The number of nitrogens with zero attached hydrogens (tertiary/aromatic N) is 1.